The molecular formula is C82H63BN4O2. The Morgan fingerprint density at radius 2 is 0.764 bits per heavy atom. The molecule has 0 saturated heterocycles. The van der Waals surface area contributed by atoms with Crippen molar-refractivity contribution in [3.8, 4) is 0 Å². The van der Waals surface area contributed by atoms with Gasteiger partial charge in [-0.2, -0.15) is 0 Å². The van der Waals surface area contributed by atoms with Gasteiger partial charge in [0.2, 0.25) is 0 Å². The minimum atomic E-state index is -0.277. The number of anilines is 12. The second kappa shape index (κ2) is 19.9. The lowest BCUT2D eigenvalue weighted by atomic mass is 9.33. The summed E-state index contributed by atoms with van der Waals surface area (Å²) in [5, 5.41) is 9.07. The number of hydrogen-bond donors (Lipinski definition) is 0. The molecule has 0 amide bonds. The van der Waals surface area contributed by atoms with E-state index in [0.29, 0.717) is 0 Å². The number of furan rings is 2. The summed E-state index contributed by atoms with van der Waals surface area (Å²) in [6, 6.07) is 101. The summed E-state index contributed by atoms with van der Waals surface area (Å²) in [6.45, 7) is 13.5. The summed E-state index contributed by atoms with van der Waals surface area (Å²) >= 11 is 0. The van der Waals surface area contributed by atoms with Crippen LogP contribution in [0.2, 0.25) is 0 Å². The minimum Gasteiger partial charge on any atom is -0.457 e. The lowest BCUT2D eigenvalue weighted by Crippen LogP contribution is -2.61. The topological polar surface area (TPSA) is 39.2 Å². The van der Waals surface area contributed by atoms with Gasteiger partial charge in [-0.25, -0.2) is 0 Å². The highest BCUT2D eigenvalue weighted by atomic mass is 16.3. The highest BCUT2D eigenvalue weighted by molar-refractivity contribution is 7.01. The van der Waals surface area contributed by atoms with Gasteiger partial charge in [0.1, 0.15) is 22.3 Å². The molecule has 0 radical (unpaired) electrons. The molecule has 2 aliphatic rings. The Balaban J connectivity index is 0.993. The number of fused-ring (bicyclic) bond motifs is 13. The van der Waals surface area contributed by atoms with Crippen LogP contribution in [0.1, 0.15) is 52.7 Å². The molecule has 0 saturated carbocycles. The molecular weight excluding hydrogens is 1080 g/mol. The van der Waals surface area contributed by atoms with Crippen LogP contribution in [0.5, 0.6) is 0 Å². The molecule has 6 nitrogen and oxygen atoms in total. The first kappa shape index (κ1) is 52.6. The van der Waals surface area contributed by atoms with E-state index in [1.165, 1.54) is 38.2 Å². The summed E-state index contributed by atoms with van der Waals surface area (Å²) in [6.07, 6.45) is 0. The largest absolute Gasteiger partial charge is 0.457 e. The zero-order valence-electron chi connectivity index (χ0n) is 50.7. The summed E-state index contributed by atoms with van der Waals surface area (Å²) in [4.78, 5) is 9.96. The van der Waals surface area contributed by atoms with Gasteiger partial charge in [0.05, 0.1) is 5.69 Å². The fourth-order valence-electron chi connectivity index (χ4n) is 14.2. The molecule has 426 valence electrons. The van der Waals surface area contributed by atoms with Crippen LogP contribution in [0.4, 0.5) is 68.2 Å². The van der Waals surface area contributed by atoms with Crippen molar-refractivity contribution < 1.29 is 8.83 Å². The van der Waals surface area contributed by atoms with E-state index < -0.39 is 0 Å². The van der Waals surface area contributed by atoms with Crippen molar-refractivity contribution in [3.05, 3.63) is 284 Å². The van der Waals surface area contributed by atoms with Crippen LogP contribution < -0.4 is 36.0 Å². The fraction of sp³-hybridized carbons (Fsp3) is 0.0976. The number of rotatable bonds is 8. The summed E-state index contributed by atoms with van der Waals surface area (Å²) in [5.74, 6) is 0. The average molecular weight is 1150 g/mol. The Kier molecular flexibility index (Phi) is 11.7. The first-order chi connectivity index (χ1) is 43.4. The van der Waals surface area contributed by atoms with E-state index in [2.05, 4.69) is 328 Å². The highest BCUT2D eigenvalue weighted by Crippen LogP contribution is 2.51. The molecule has 17 rings (SSSR count). The minimum absolute atomic E-state index is 0.0468. The van der Waals surface area contributed by atoms with Crippen LogP contribution in [0.25, 0.3) is 65.4 Å². The van der Waals surface area contributed by atoms with E-state index in [0.717, 1.165) is 123 Å². The van der Waals surface area contributed by atoms with Crippen LogP contribution in [-0.4, -0.2) is 6.71 Å². The Morgan fingerprint density at radius 1 is 0.303 bits per heavy atom. The van der Waals surface area contributed by atoms with Gasteiger partial charge in [-0.15, -0.1) is 0 Å². The predicted octanol–water partition coefficient (Wildman–Crippen LogP) is 21.4. The molecule has 0 aliphatic carbocycles. The molecule has 0 fully saturated rings. The van der Waals surface area contributed by atoms with E-state index in [9.17, 15) is 0 Å². The zero-order chi connectivity index (χ0) is 59.9. The molecule has 89 heavy (non-hydrogen) atoms. The average Bonchev–Trinajstić information content (AvgIpc) is 1.48. The van der Waals surface area contributed by atoms with Gasteiger partial charge >= 0.3 is 0 Å². The fourth-order valence-corrected chi connectivity index (χ4v) is 14.2. The molecule has 15 aromatic rings. The standard InChI is InChI=1S/C82H63BN4O2/c1-81(2,3)56-30-36-59(37-31-56)86-71-44-42-68-66-24-14-17-27-76(66)89-80(68)79(71)83-70-43-40-64(85(62-35-29-53-19-11-13-21-55(53)47-62)63-41-45-77-69(48-63)67-25-15-16-26-75(67)88-77)49-72(70)87(60-38-32-57(33-39-60)82(4,5)6)74-51-65(50-73(86)78(74)83)84(58-22-8-7-9-23-58)61-34-28-52-18-10-12-20-54(52)46-61/h7-51H,1-6H3. The summed E-state index contributed by atoms with van der Waals surface area (Å²) in [5.41, 5.74) is 22.1. The normalized spacial score (nSPS) is 13.0. The van der Waals surface area contributed by atoms with E-state index in [-0.39, 0.29) is 17.5 Å². The third-order valence-electron chi connectivity index (χ3n) is 18.7. The van der Waals surface area contributed by atoms with Crippen molar-refractivity contribution in [1.29, 1.82) is 0 Å². The second-order valence-corrected chi connectivity index (χ2v) is 26.2. The zero-order valence-corrected chi connectivity index (χ0v) is 50.7. The maximum Gasteiger partial charge on any atom is 0.257 e. The molecule has 0 N–H and O–H groups in total. The van der Waals surface area contributed by atoms with Gasteiger partial charge in [-0.05, 0) is 187 Å². The molecule has 4 heterocycles. The van der Waals surface area contributed by atoms with Crippen LogP contribution in [0.15, 0.2) is 282 Å². The van der Waals surface area contributed by atoms with Gasteiger partial charge in [0.15, 0.2) is 0 Å². The number of hydrogen-bond acceptors (Lipinski definition) is 6. The Hall–Kier alpha value is -10.8. The highest BCUT2D eigenvalue weighted by Gasteiger charge is 2.46. The molecule has 0 spiro atoms. The van der Waals surface area contributed by atoms with E-state index in [1.54, 1.807) is 0 Å². The first-order valence-corrected chi connectivity index (χ1v) is 31.0. The first-order valence-electron chi connectivity index (χ1n) is 31.0. The number of benzene rings is 13. The third-order valence-corrected chi connectivity index (χ3v) is 18.7. The van der Waals surface area contributed by atoms with Gasteiger partial charge < -0.3 is 28.4 Å². The molecule has 0 bridgehead atoms. The van der Waals surface area contributed by atoms with Gasteiger partial charge in [0.25, 0.3) is 6.71 Å². The monoisotopic (exact) mass is 1150 g/mol. The van der Waals surface area contributed by atoms with Crippen molar-refractivity contribution in [1.82, 2.24) is 0 Å². The third kappa shape index (κ3) is 8.54. The molecule has 2 aromatic heterocycles. The number of para-hydroxylation sites is 3. The van der Waals surface area contributed by atoms with Crippen molar-refractivity contribution in [2.45, 2.75) is 52.4 Å². The second-order valence-electron chi connectivity index (χ2n) is 26.2. The molecule has 0 unspecified atom stereocenters. The molecule has 13 aromatic carbocycles. The molecule has 7 heteroatoms. The lowest BCUT2D eigenvalue weighted by Gasteiger charge is -2.45. The van der Waals surface area contributed by atoms with Crippen LogP contribution in [0, 0.1) is 0 Å². The van der Waals surface area contributed by atoms with Crippen LogP contribution >= 0.6 is 0 Å². The van der Waals surface area contributed by atoms with Crippen molar-refractivity contribution in [2.24, 2.45) is 0 Å². The van der Waals surface area contributed by atoms with Crippen LogP contribution in [-0.2, 0) is 10.8 Å². The maximum absolute atomic E-state index is 7.30. The van der Waals surface area contributed by atoms with Gasteiger partial charge in [-0.1, -0.05) is 187 Å². The maximum atomic E-state index is 7.30. The Bertz CT molecular complexity index is 5320. The Labute approximate surface area is 518 Å². The Morgan fingerprint density at radius 3 is 1.37 bits per heavy atom. The van der Waals surface area contributed by atoms with Crippen molar-refractivity contribution >= 4 is 157 Å². The quantitative estimate of drug-likeness (QED) is 0.141. The van der Waals surface area contributed by atoms with E-state index >= 15 is 0 Å². The molecule has 0 atom stereocenters. The van der Waals surface area contributed by atoms with Gasteiger partial charge in [0, 0.05) is 84.1 Å². The SMILES string of the molecule is CC(C)(C)c1ccc(N2c3cc(N(c4ccc5ccccc5c4)c4ccc5oc6ccccc6c5c4)ccc3B3c4c2cc(N(c2ccccc2)c2ccc5ccccc5c2)cc4N(c2ccc(C(C)(C)C)cc2)c2ccc4c(oc5ccccc54)c23)cc1. The van der Waals surface area contributed by atoms with Gasteiger partial charge in [-0.3, -0.25) is 0 Å². The van der Waals surface area contributed by atoms with Crippen LogP contribution in [0.3, 0.4) is 0 Å². The molecule has 2 aliphatic heterocycles. The van der Waals surface area contributed by atoms with Crippen molar-refractivity contribution in [2.75, 3.05) is 19.6 Å². The van der Waals surface area contributed by atoms with Crippen molar-refractivity contribution in [3.63, 3.8) is 0 Å². The number of nitrogens with zero attached hydrogens (tertiary/aromatic N) is 4. The smallest absolute Gasteiger partial charge is 0.257 e. The summed E-state index contributed by atoms with van der Waals surface area (Å²) < 4.78 is 13.8. The van der Waals surface area contributed by atoms with E-state index in [4.69, 9.17) is 8.83 Å². The summed E-state index contributed by atoms with van der Waals surface area (Å²) in [7, 11) is 0. The lowest BCUT2D eigenvalue weighted by molar-refractivity contribution is 0.590. The van der Waals surface area contributed by atoms with E-state index in [1.807, 2.05) is 6.07 Å². The predicted molar refractivity (Wildman–Crippen MR) is 377 cm³/mol.